The average Bonchev–Trinajstić information content (AvgIpc) is 2.27. The van der Waals surface area contributed by atoms with Gasteiger partial charge in [0.05, 0.1) is 6.04 Å². The summed E-state index contributed by atoms with van der Waals surface area (Å²) >= 11 is 0. The van der Waals surface area contributed by atoms with Crippen molar-refractivity contribution in [2.45, 2.75) is 19.4 Å². The number of nitrogens with one attached hydrogen (secondary N) is 1. The first-order valence-corrected chi connectivity index (χ1v) is 5.49. The van der Waals surface area contributed by atoms with E-state index in [9.17, 15) is 8.78 Å². The first kappa shape index (κ1) is 14.0. The smallest absolute Gasteiger partial charge is 0.130 e. The number of hydrazine groups is 1. The molecule has 0 heterocycles. The summed E-state index contributed by atoms with van der Waals surface area (Å²) in [4.78, 5) is 0. The molecule has 0 amide bonds. The Morgan fingerprint density at radius 3 is 2.41 bits per heavy atom. The zero-order chi connectivity index (χ0) is 12.8. The largest absolute Gasteiger partial charge is 0.384 e. The molecule has 96 valence electrons. The Balaban J connectivity index is 2.86. The van der Waals surface area contributed by atoms with Gasteiger partial charge in [0, 0.05) is 19.3 Å². The van der Waals surface area contributed by atoms with Crippen molar-refractivity contribution in [2.24, 2.45) is 11.8 Å². The van der Waals surface area contributed by atoms with Gasteiger partial charge in [-0.2, -0.15) is 0 Å². The number of hydrogen-bond donors (Lipinski definition) is 2. The van der Waals surface area contributed by atoms with Gasteiger partial charge in [0.15, 0.2) is 0 Å². The average molecular weight is 244 g/mol. The summed E-state index contributed by atoms with van der Waals surface area (Å²) in [5, 5.41) is 0. The van der Waals surface area contributed by atoms with E-state index in [1.54, 1.807) is 7.11 Å². The van der Waals surface area contributed by atoms with Crippen molar-refractivity contribution in [3.05, 3.63) is 35.4 Å². The number of benzene rings is 1. The Hall–Kier alpha value is -1.04. The number of rotatable bonds is 6. The van der Waals surface area contributed by atoms with Crippen LogP contribution >= 0.6 is 0 Å². The molecular weight excluding hydrogens is 226 g/mol. The van der Waals surface area contributed by atoms with E-state index in [1.165, 1.54) is 18.2 Å². The highest BCUT2D eigenvalue weighted by molar-refractivity contribution is 5.23. The maximum absolute atomic E-state index is 13.6. The van der Waals surface area contributed by atoms with Crippen LogP contribution in [-0.2, 0) is 4.74 Å². The molecule has 0 radical (unpaired) electrons. The van der Waals surface area contributed by atoms with Gasteiger partial charge >= 0.3 is 0 Å². The first-order chi connectivity index (χ1) is 8.10. The Morgan fingerprint density at radius 2 is 1.94 bits per heavy atom. The van der Waals surface area contributed by atoms with E-state index < -0.39 is 17.7 Å². The van der Waals surface area contributed by atoms with Gasteiger partial charge in [0.25, 0.3) is 0 Å². The van der Waals surface area contributed by atoms with Gasteiger partial charge in [0.1, 0.15) is 11.6 Å². The van der Waals surface area contributed by atoms with Gasteiger partial charge in [-0.15, -0.1) is 0 Å². The Morgan fingerprint density at radius 1 is 1.35 bits per heavy atom. The highest BCUT2D eigenvalue weighted by Crippen LogP contribution is 2.25. The zero-order valence-corrected chi connectivity index (χ0v) is 10.0. The number of methoxy groups -OCH3 is 1. The molecule has 0 fully saturated rings. The van der Waals surface area contributed by atoms with Crippen molar-refractivity contribution >= 4 is 0 Å². The van der Waals surface area contributed by atoms with Crippen molar-refractivity contribution < 1.29 is 13.5 Å². The van der Waals surface area contributed by atoms with Gasteiger partial charge in [0.2, 0.25) is 0 Å². The Labute approximate surface area is 99.9 Å². The first-order valence-electron chi connectivity index (χ1n) is 5.49. The van der Waals surface area contributed by atoms with Crippen LogP contribution < -0.4 is 11.3 Å². The van der Waals surface area contributed by atoms with Crippen molar-refractivity contribution in [1.29, 1.82) is 0 Å². The van der Waals surface area contributed by atoms with Gasteiger partial charge in [-0.1, -0.05) is 13.0 Å². The fourth-order valence-corrected chi connectivity index (χ4v) is 1.87. The predicted molar refractivity (Wildman–Crippen MR) is 62.1 cm³/mol. The molecule has 0 bridgehead atoms. The van der Waals surface area contributed by atoms with Gasteiger partial charge in [-0.05, 0) is 24.5 Å². The maximum atomic E-state index is 13.6. The molecule has 0 spiro atoms. The molecule has 5 heteroatoms. The van der Waals surface area contributed by atoms with Crippen molar-refractivity contribution in [3.63, 3.8) is 0 Å². The minimum atomic E-state index is -0.586. The SMILES string of the molecule is COCC(C)CC(NN)c1c(F)cccc1F. The van der Waals surface area contributed by atoms with Gasteiger partial charge in [-0.25, -0.2) is 8.78 Å². The fraction of sp³-hybridized carbons (Fsp3) is 0.500. The number of halogens is 2. The summed E-state index contributed by atoms with van der Waals surface area (Å²) in [6.07, 6.45) is 0.502. The third kappa shape index (κ3) is 3.73. The van der Waals surface area contributed by atoms with E-state index >= 15 is 0 Å². The van der Waals surface area contributed by atoms with Crippen molar-refractivity contribution in [1.82, 2.24) is 5.43 Å². The summed E-state index contributed by atoms with van der Waals surface area (Å²) < 4.78 is 32.1. The molecule has 0 aliphatic heterocycles. The van der Waals surface area contributed by atoms with Crippen LogP contribution in [0.25, 0.3) is 0 Å². The quantitative estimate of drug-likeness (QED) is 0.595. The maximum Gasteiger partial charge on any atom is 0.130 e. The molecule has 3 nitrogen and oxygen atoms in total. The molecule has 1 aromatic carbocycles. The van der Waals surface area contributed by atoms with Crippen LogP contribution in [0.5, 0.6) is 0 Å². The summed E-state index contributed by atoms with van der Waals surface area (Å²) in [6.45, 7) is 2.46. The second-order valence-electron chi connectivity index (χ2n) is 4.15. The molecule has 0 aromatic heterocycles. The fourth-order valence-electron chi connectivity index (χ4n) is 1.87. The molecule has 17 heavy (non-hydrogen) atoms. The van der Waals surface area contributed by atoms with Crippen molar-refractivity contribution in [2.75, 3.05) is 13.7 Å². The Bertz CT molecular complexity index is 340. The van der Waals surface area contributed by atoms with Crippen LogP contribution in [0, 0.1) is 17.6 Å². The second-order valence-corrected chi connectivity index (χ2v) is 4.15. The van der Waals surface area contributed by atoms with Crippen LogP contribution in [0.3, 0.4) is 0 Å². The zero-order valence-electron chi connectivity index (χ0n) is 10.0. The van der Waals surface area contributed by atoms with Crippen LogP contribution in [0.4, 0.5) is 8.78 Å². The molecule has 1 aromatic rings. The lowest BCUT2D eigenvalue weighted by molar-refractivity contribution is 0.148. The van der Waals surface area contributed by atoms with E-state index in [4.69, 9.17) is 10.6 Å². The predicted octanol–water partition coefficient (Wildman–Crippen LogP) is 2.14. The van der Waals surface area contributed by atoms with E-state index in [-0.39, 0.29) is 11.5 Å². The third-order valence-corrected chi connectivity index (χ3v) is 2.64. The Kier molecular flexibility index (Phi) is 5.47. The van der Waals surface area contributed by atoms with Crippen molar-refractivity contribution in [3.8, 4) is 0 Å². The normalized spacial score (nSPS) is 14.6. The monoisotopic (exact) mass is 244 g/mol. The van der Waals surface area contributed by atoms with Crippen LogP contribution in [0.1, 0.15) is 24.9 Å². The van der Waals surface area contributed by atoms with E-state index in [0.29, 0.717) is 13.0 Å². The highest BCUT2D eigenvalue weighted by atomic mass is 19.1. The molecule has 2 unspecified atom stereocenters. The molecule has 0 aliphatic carbocycles. The molecule has 0 saturated heterocycles. The lowest BCUT2D eigenvalue weighted by Gasteiger charge is -2.21. The molecule has 0 saturated carbocycles. The molecule has 0 aliphatic rings. The second kappa shape index (κ2) is 6.64. The minimum Gasteiger partial charge on any atom is -0.384 e. The summed E-state index contributed by atoms with van der Waals surface area (Å²) in [6, 6.07) is 3.23. The summed E-state index contributed by atoms with van der Waals surface area (Å²) in [5.41, 5.74) is 2.44. The van der Waals surface area contributed by atoms with Gasteiger partial charge in [-0.3, -0.25) is 11.3 Å². The molecule has 3 N–H and O–H groups in total. The lowest BCUT2D eigenvalue weighted by Crippen LogP contribution is -2.31. The molecule has 2 atom stereocenters. The topological polar surface area (TPSA) is 47.3 Å². The van der Waals surface area contributed by atoms with Crippen LogP contribution in [-0.4, -0.2) is 13.7 Å². The number of nitrogens with two attached hydrogens (primary N) is 1. The summed E-state index contributed by atoms with van der Waals surface area (Å²) in [5.74, 6) is 4.34. The molecular formula is C12H18F2N2O. The standard InChI is InChI=1S/C12H18F2N2O/c1-8(7-17-2)6-11(16-15)12-9(13)4-3-5-10(12)14/h3-5,8,11,16H,6-7,15H2,1-2H3. The summed E-state index contributed by atoms with van der Waals surface area (Å²) in [7, 11) is 1.59. The number of hydrogen-bond acceptors (Lipinski definition) is 3. The van der Waals surface area contributed by atoms with Crippen LogP contribution in [0.15, 0.2) is 18.2 Å². The van der Waals surface area contributed by atoms with E-state index in [1.807, 2.05) is 6.92 Å². The molecule has 1 rings (SSSR count). The van der Waals surface area contributed by atoms with E-state index in [0.717, 1.165) is 0 Å². The minimum absolute atomic E-state index is 0.0158. The third-order valence-electron chi connectivity index (χ3n) is 2.64. The number of ether oxygens (including phenoxy) is 1. The van der Waals surface area contributed by atoms with E-state index in [2.05, 4.69) is 5.43 Å². The van der Waals surface area contributed by atoms with Crippen LogP contribution in [0.2, 0.25) is 0 Å². The lowest BCUT2D eigenvalue weighted by atomic mass is 9.96. The highest BCUT2D eigenvalue weighted by Gasteiger charge is 2.21. The van der Waals surface area contributed by atoms with Gasteiger partial charge < -0.3 is 4.74 Å².